The molecule has 5 heteroatoms. The molecule has 1 aromatic rings. The highest BCUT2D eigenvalue weighted by Gasteiger charge is 2.08. The predicted octanol–water partition coefficient (Wildman–Crippen LogP) is 0.989. The van der Waals surface area contributed by atoms with Crippen molar-refractivity contribution in [2.75, 3.05) is 6.54 Å². The first-order chi connectivity index (χ1) is 8.00. The van der Waals surface area contributed by atoms with E-state index in [4.69, 9.17) is 10.2 Å². The van der Waals surface area contributed by atoms with Gasteiger partial charge in [0.05, 0.1) is 6.10 Å². The number of aromatic hydroxyl groups is 2. The summed E-state index contributed by atoms with van der Waals surface area (Å²) in [4.78, 5) is 11.6. The summed E-state index contributed by atoms with van der Waals surface area (Å²) < 4.78 is 0. The molecule has 0 aliphatic carbocycles. The maximum atomic E-state index is 11.6. The highest BCUT2D eigenvalue weighted by atomic mass is 16.3. The largest absolute Gasteiger partial charge is 0.504 e. The lowest BCUT2D eigenvalue weighted by Crippen LogP contribution is -2.24. The molecule has 1 aromatic carbocycles. The standard InChI is InChI=1S/C12H17NO4/c1-8(14)3-2-6-13-12(17)9-4-5-10(15)11(16)7-9/h4-5,7-8,14-16H,2-3,6H2,1H3,(H,13,17). The van der Waals surface area contributed by atoms with Gasteiger partial charge in [-0.05, 0) is 38.0 Å². The number of hydrogen-bond acceptors (Lipinski definition) is 4. The van der Waals surface area contributed by atoms with E-state index in [0.29, 0.717) is 19.4 Å². The summed E-state index contributed by atoms with van der Waals surface area (Å²) in [5.74, 6) is -0.886. The molecule has 1 rings (SSSR count). The minimum absolute atomic E-state index is 0.254. The molecule has 0 heterocycles. The van der Waals surface area contributed by atoms with Gasteiger partial charge in [0.2, 0.25) is 0 Å². The van der Waals surface area contributed by atoms with E-state index in [9.17, 15) is 9.90 Å². The van der Waals surface area contributed by atoms with Crippen molar-refractivity contribution in [3.63, 3.8) is 0 Å². The molecule has 0 bridgehead atoms. The zero-order valence-corrected chi connectivity index (χ0v) is 9.68. The first-order valence-electron chi connectivity index (χ1n) is 5.49. The van der Waals surface area contributed by atoms with E-state index < -0.39 is 0 Å². The number of carbonyl (C=O) groups is 1. The number of hydrogen-bond donors (Lipinski definition) is 4. The molecular weight excluding hydrogens is 222 g/mol. The van der Waals surface area contributed by atoms with Crippen molar-refractivity contribution in [1.29, 1.82) is 0 Å². The van der Waals surface area contributed by atoms with E-state index in [2.05, 4.69) is 5.32 Å². The number of amides is 1. The average Bonchev–Trinajstić information content (AvgIpc) is 2.27. The molecule has 0 spiro atoms. The van der Waals surface area contributed by atoms with Crippen LogP contribution in [0.25, 0.3) is 0 Å². The Bertz CT molecular complexity index is 390. The Balaban J connectivity index is 2.44. The summed E-state index contributed by atoms with van der Waals surface area (Å²) in [6.07, 6.45) is 0.943. The van der Waals surface area contributed by atoms with Gasteiger partial charge in [-0.3, -0.25) is 4.79 Å². The molecule has 0 saturated heterocycles. The van der Waals surface area contributed by atoms with Gasteiger partial charge >= 0.3 is 0 Å². The molecule has 1 unspecified atom stereocenters. The van der Waals surface area contributed by atoms with E-state index >= 15 is 0 Å². The van der Waals surface area contributed by atoms with Crippen molar-refractivity contribution >= 4 is 5.91 Å². The van der Waals surface area contributed by atoms with Gasteiger partial charge in [0.25, 0.3) is 5.91 Å². The summed E-state index contributed by atoms with van der Waals surface area (Å²) in [5.41, 5.74) is 0.289. The molecule has 94 valence electrons. The minimum atomic E-state index is -0.371. The van der Waals surface area contributed by atoms with E-state index in [-0.39, 0.29) is 29.1 Å². The fraction of sp³-hybridized carbons (Fsp3) is 0.417. The maximum absolute atomic E-state index is 11.6. The molecular formula is C12H17NO4. The van der Waals surface area contributed by atoms with Gasteiger partial charge < -0.3 is 20.6 Å². The van der Waals surface area contributed by atoms with Crippen molar-refractivity contribution in [3.8, 4) is 11.5 Å². The predicted molar refractivity (Wildman–Crippen MR) is 63.0 cm³/mol. The van der Waals surface area contributed by atoms with Crippen LogP contribution in [0.2, 0.25) is 0 Å². The van der Waals surface area contributed by atoms with E-state index in [1.165, 1.54) is 18.2 Å². The lowest BCUT2D eigenvalue weighted by atomic mass is 10.2. The van der Waals surface area contributed by atoms with Crippen LogP contribution in [0, 0.1) is 0 Å². The zero-order valence-electron chi connectivity index (χ0n) is 9.68. The van der Waals surface area contributed by atoms with Crippen molar-refractivity contribution in [1.82, 2.24) is 5.32 Å². The van der Waals surface area contributed by atoms with Gasteiger partial charge in [0.1, 0.15) is 0 Å². The van der Waals surface area contributed by atoms with Gasteiger partial charge in [-0.25, -0.2) is 0 Å². The third kappa shape index (κ3) is 4.32. The van der Waals surface area contributed by atoms with Crippen LogP contribution in [0.5, 0.6) is 11.5 Å². The van der Waals surface area contributed by atoms with E-state index in [0.717, 1.165) is 0 Å². The van der Waals surface area contributed by atoms with Crippen LogP contribution in [0.3, 0.4) is 0 Å². The third-order valence-corrected chi connectivity index (χ3v) is 2.32. The summed E-state index contributed by atoms with van der Waals surface area (Å²) in [7, 11) is 0. The van der Waals surface area contributed by atoms with Gasteiger partial charge in [-0.1, -0.05) is 0 Å². The second-order valence-electron chi connectivity index (χ2n) is 3.95. The normalized spacial score (nSPS) is 12.1. The van der Waals surface area contributed by atoms with Crippen LogP contribution >= 0.6 is 0 Å². The smallest absolute Gasteiger partial charge is 0.251 e. The topological polar surface area (TPSA) is 89.8 Å². The highest BCUT2D eigenvalue weighted by molar-refractivity contribution is 5.94. The fourth-order valence-electron chi connectivity index (χ4n) is 1.37. The van der Waals surface area contributed by atoms with Crippen molar-refractivity contribution in [2.24, 2.45) is 0 Å². The number of benzene rings is 1. The number of rotatable bonds is 5. The van der Waals surface area contributed by atoms with Crippen molar-refractivity contribution in [3.05, 3.63) is 23.8 Å². The number of phenolic OH excluding ortho intramolecular Hbond substituents is 2. The third-order valence-electron chi connectivity index (χ3n) is 2.32. The van der Waals surface area contributed by atoms with Crippen molar-refractivity contribution < 1.29 is 20.1 Å². The molecule has 0 aromatic heterocycles. The Morgan fingerprint density at radius 3 is 2.65 bits per heavy atom. The van der Waals surface area contributed by atoms with Gasteiger partial charge in [0.15, 0.2) is 11.5 Å². The summed E-state index contributed by atoms with van der Waals surface area (Å²) in [5, 5.41) is 30.0. The molecule has 1 atom stereocenters. The van der Waals surface area contributed by atoms with Crippen LogP contribution in [0.1, 0.15) is 30.1 Å². The number of phenols is 2. The molecule has 0 radical (unpaired) electrons. The zero-order chi connectivity index (χ0) is 12.8. The second-order valence-corrected chi connectivity index (χ2v) is 3.95. The molecule has 0 aliphatic rings. The number of aliphatic hydroxyl groups is 1. The van der Waals surface area contributed by atoms with Crippen LogP contribution in [-0.4, -0.2) is 33.9 Å². The molecule has 1 amide bonds. The Morgan fingerprint density at radius 1 is 1.35 bits per heavy atom. The Kier molecular flexibility index (Phi) is 4.78. The van der Waals surface area contributed by atoms with E-state index in [1.54, 1.807) is 6.92 Å². The summed E-state index contributed by atoms with van der Waals surface area (Å²) >= 11 is 0. The van der Waals surface area contributed by atoms with Gasteiger partial charge in [-0.2, -0.15) is 0 Å². The average molecular weight is 239 g/mol. The van der Waals surface area contributed by atoms with Crippen LogP contribution < -0.4 is 5.32 Å². The summed E-state index contributed by atoms with van der Waals surface area (Å²) in [6, 6.07) is 3.90. The first kappa shape index (κ1) is 13.3. The monoisotopic (exact) mass is 239 g/mol. The van der Waals surface area contributed by atoms with Crippen LogP contribution in [0.4, 0.5) is 0 Å². The molecule has 4 N–H and O–H groups in total. The number of aliphatic hydroxyl groups excluding tert-OH is 1. The molecule has 0 aliphatic heterocycles. The van der Waals surface area contributed by atoms with Gasteiger partial charge in [0, 0.05) is 12.1 Å². The molecule has 17 heavy (non-hydrogen) atoms. The molecule has 0 fully saturated rings. The Morgan fingerprint density at radius 2 is 2.06 bits per heavy atom. The SMILES string of the molecule is CC(O)CCCNC(=O)c1ccc(O)c(O)c1. The lowest BCUT2D eigenvalue weighted by Gasteiger charge is -2.07. The number of nitrogens with one attached hydrogen (secondary N) is 1. The minimum Gasteiger partial charge on any atom is -0.504 e. The lowest BCUT2D eigenvalue weighted by molar-refractivity contribution is 0.0949. The molecule has 0 saturated carbocycles. The summed E-state index contributed by atoms with van der Waals surface area (Å²) in [6.45, 7) is 2.16. The van der Waals surface area contributed by atoms with Crippen LogP contribution in [-0.2, 0) is 0 Å². The Labute approximate surface area is 99.7 Å². The second kappa shape index (κ2) is 6.10. The number of carbonyl (C=O) groups excluding carboxylic acids is 1. The van der Waals surface area contributed by atoms with Gasteiger partial charge in [-0.15, -0.1) is 0 Å². The Hall–Kier alpha value is -1.75. The highest BCUT2D eigenvalue weighted by Crippen LogP contribution is 2.24. The molecule has 5 nitrogen and oxygen atoms in total. The fourth-order valence-corrected chi connectivity index (χ4v) is 1.37. The van der Waals surface area contributed by atoms with Crippen LogP contribution in [0.15, 0.2) is 18.2 Å². The van der Waals surface area contributed by atoms with E-state index in [1.807, 2.05) is 0 Å². The maximum Gasteiger partial charge on any atom is 0.251 e. The first-order valence-corrected chi connectivity index (χ1v) is 5.49. The quantitative estimate of drug-likeness (QED) is 0.455. The van der Waals surface area contributed by atoms with Crippen molar-refractivity contribution in [2.45, 2.75) is 25.9 Å².